The first-order chi connectivity index (χ1) is 14.1. The minimum atomic E-state index is 0.00932. The molecule has 29 heavy (non-hydrogen) atoms. The van der Waals surface area contributed by atoms with Crippen LogP contribution in [0, 0.1) is 29.1 Å². The fourth-order valence-electron chi connectivity index (χ4n) is 6.90. The number of amides is 1. The Morgan fingerprint density at radius 1 is 1.10 bits per heavy atom. The molecule has 1 aromatic carbocycles. The molecule has 6 rings (SSSR count). The standard InChI is InChI=1S/C24H33ClN2OS/c25-22-2-1-20(29-14-16-3-5-26-6-4-16)10-21(22)23(28)27-15-24-11-17-7-18(12-24)9-19(8-17)13-24/h1-2,10,16-19,26H,3-9,11-15H2,(H,27,28). The normalized spacial score (nSPS) is 33.8. The van der Waals surface area contributed by atoms with E-state index in [2.05, 4.69) is 16.7 Å². The summed E-state index contributed by atoms with van der Waals surface area (Å²) in [6.45, 7) is 3.09. The van der Waals surface area contributed by atoms with Gasteiger partial charge in [-0.2, -0.15) is 0 Å². The first kappa shape index (κ1) is 20.2. The van der Waals surface area contributed by atoms with Gasteiger partial charge in [-0.05, 0) is 112 Å². The first-order valence-corrected chi connectivity index (χ1v) is 12.9. The van der Waals surface area contributed by atoms with Crippen molar-refractivity contribution in [2.75, 3.05) is 25.4 Å². The fraction of sp³-hybridized carbons (Fsp3) is 0.708. The van der Waals surface area contributed by atoms with Crippen LogP contribution in [0.25, 0.3) is 0 Å². The van der Waals surface area contributed by atoms with Gasteiger partial charge in [0.25, 0.3) is 5.91 Å². The SMILES string of the molecule is O=C(NCC12CC3CC(CC(C3)C1)C2)c1cc(SCC2CCNCC2)ccc1Cl. The number of halogens is 1. The number of thioether (sulfide) groups is 1. The van der Waals surface area contributed by atoms with Crippen LogP contribution in [0.5, 0.6) is 0 Å². The predicted octanol–water partition coefficient (Wildman–Crippen LogP) is 5.38. The average Bonchev–Trinajstić information content (AvgIpc) is 2.71. The van der Waals surface area contributed by atoms with Crippen LogP contribution in [0.3, 0.4) is 0 Å². The van der Waals surface area contributed by atoms with Gasteiger partial charge >= 0.3 is 0 Å². The minimum absolute atomic E-state index is 0.00932. The highest BCUT2D eigenvalue weighted by molar-refractivity contribution is 7.99. The highest BCUT2D eigenvalue weighted by Gasteiger charge is 2.50. The van der Waals surface area contributed by atoms with Crippen molar-refractivity contribution in [1.29, 1.82) is 0 Å². The molecule has 0 unspecified atom stereocenters. The monoisotopic (exact) mass is 432 g/mol. The number of hydrogen-bond acceptors (Lipinski definition) is 3. The average molecular weight is 433 g/mol. The van der Waals surface area contributed by atoms with E-state index in [1.165, 1.54) is 51.4 Å². The van der Waals surface area contributed by atoms with Gasteiger partial charge < -0.3 is 10.6 Å². The van der Waals surface area contributed by atoms with Gasteiger partial charge in [-0.1, -0.05) is 11.6 Å². The molecular formula is C24H33ClN2OS. The van der Waals surface area contributed by atoms with Crippen LogP contribution in [0.1, 0.15) is 61.7 Å². The summed E-state index contributed by atoms with van der Waals surface area (Å²) in [6.07, 6.45) is 10.8. The molecule has 0 aromatic heterocycles. The van der Waals surface area contributed by atoms with Gasteiger partial charge in [0.1, 0.15) is 0 Å². The molecule has 4 saturated carbocycles. The second-order valence-corrected chi connectivity index (χ2v) is 11.7. The quantitative estimate of drug-likeness (QED) is 0.593. The maximum atomic E-state index is 13.0. The van der Waals surface area contributed by atoms with Crippen LogP contribution in [0.2, 0.25) is 5.02 Å². The number of benzene rings is 1. The molecular weight excluding hydrogens is 400 g/mol. The molecule has 4 aliphatic carbocycles. The second-order valence-electron chi connectivity index (χ2n) is 10.2. The van der Waals surface area contributed by atoms with E-state index in [-0.39, 0.29) is 5.91 Å². The van der Waals surface area contributed by atoms with E-state index >= 15 is 0 Å². The summed E-state index contributed by atoms with van der Waals surface area (Å²) in [4.78, 5) is 14.2. The minimum Gasteiger partial charge on any atom is -0.351 e. The third kappa shape index (κ3) is 4.50. The third-order valence-corrected chi connectivity index (χ3v) is 9.47. The van der Waals surface area contributed by atoms with Gasteiger partial charge in [0.15, 0.2) is 0 Å². The molecule has 2 N–H and O–H groups in total. The van der Waals surface area contributed by atoms with Gasteiger partial charge in [-0.15, -0.1) is 11.8 Å². The molecule has 0 radical (unpaired) electrons. The molecule has 5 aliphatic rings. The van der Waals surface area contributed by atoms with Crippen molar-refractivity contribution < 1.29 is 4.79 Å². The molecule has 5 fully saturated rings. The number of nitrogens with one attached hydrogen (secondary N) is 2. The maximum Gasteiger partial charge on any atom is 0.252 e. The Balaban J connectivity index is 1.20. The topological polar surface area (TPSA) is 41.1 Å². The molecule has 0 spiro atoms. The number of carbonyl (C=O) groups is 1. The zero-order valence-corrected chi connectivity index (χ0v) is 18.8. The Hall–Kier alpha value is -0.710. The van der Waals surface area contributed by atoms with Crippen molar-refractivity contribution in [2.45, 2.75) is 56.3 Å². The summed E-state index contributed by atoms with van der Waals surface area (Å²) in [5.74, 6) is 4.64. The Bertz CT molecular complexity index is 726. The van der Waals surface area contributed by atoms with Crippen LogP contribution in [0.4, 0.5) is 0 Å². The highest BCUT2D eigenvalue weighted by atomic mass is 35.5. The molecule has 158 valence electrons. The van der Waals surface area contributed by atoms with Crippen molar-refractivity contribution in [3.8, 4) is 0 Å². The Morgan fingerprint density at radius 3 is 2.41 bits per heavy atom. The van der Waals surface area contributed by atoms with Gasteiger partial charge in [-0.25, -0.2) is 0 Å². The Kier molecular flexibility index (Phi) is 5.88. The van der Waals surface area contributed by atoms with Crippen molar-refractivity contribution in [2.24, 2.45) is 29.1 Å². The number of carbonyl (C=O) groups excluding carboxylic acids is 1. The Morgan fingerprint density at radius 2 is 1.76 bits per heavy atom. The molecule has 5 heteroatoms. The van der Waals surface area contributed by atoms with E-state index < -0.39 is 0 Å². The van der Waals surface area contributed by atoms with Crippen molar-refractivity contribution >= 4 is 29.3 Å². The number of hydrogen-bond donors (Lipinski definition) is 2. The summed E-state index contributed by atoms with van der Waals surface area (Å²) >= 11 is 8.28. The lowest BCUT2D eigenvalue weighted by Crippen LogP contribution is -2.51. The van der Waals surface area contributed by atoms with Crippen LogP contribution in [0.15, 0.2) is 23.1 Å². The van der Waals surface area contributed by atoms with Gasteiger partial charge in [-0.3, -0.25) is 4.79 Å². The molecule has 4 bridgehead atoms. The molecule has 0 atom stereocenters. The van der Waals surface area contributed by atoms with Crippen molar-refractivity contribution in [1.82, 2.24) is 10.6 Å². The summed E-state index contributed by atoms with van der Waals surface area (Å²) < 4.78 is 0. The summed E-state index contributed by atoms with van der Waals surface area (Å²) in [6, 6.07) is 5.96. The van der Waals surface area contributed by atoms with Crippen LogP contribution in [-0.4, -0.2) is 31.3 Å². The van der Waals surface area contributed by atoms with Crippen molar-refractivity contribution in [3.63, 3.8) is 0 Å². The molecule has 1 heterocycles. The third-order valence-electron chi connectivity index (χ3n) is 7.92. The van der Waals surface area contributed by atoms with E-state index in [1.807, 2.05) is 23.9 Å². The fourth-order valence-corrected chi connectivity index (χ4v) is 8.23. The molecule has 1 saturated heterocycles. The van der Waals surface area contributed by atoms with E-state index in [9.17, 15) is 4.79 Å². The molecule has 3 nitrogen and oxygen atoms in total. The van der Waals surface area contributed by atoms with Gasteiger partial charge in [0.2, 0.25) is 0 Å². The predicted molar refractivity (Wildman–Crippen MR) is 121 cm³/mol. The second kappa shape index (κ2) is 8.43. The smallest absolute Gasteiger partial charge is 0.252 e. The van der Waals surface area contributed by atoms with Gasteiger partial charge in [0.05, 0.1) is 10.6 Å². The van der Waals surface area contributed by atoms with Gasteiger partial charge in [0, 0.05) is 17.2 Å². The maximum absolute atomic E-state index is 13.0. The number of rotatable bonds is 6. The Labute approximate surface area is 184 Å². The van der Waals surface area contributed by atoms with Crippen LogP contribution in [-0.2, 0) is 0 Å². The lowest BCUT2D eigenvalue weighted by molar-refractivity contribution is -0.0503. The molecule has 1 amide bonds. The van der Waals surface area contributed by atoms with E-state index in [1.54, 1.807) is 0 Å². The van der Waals surface area contributed by atoms with E-state index in [0.717, 1.165) is 54.0 Å². The van der Waals surface area contributed by atoms with E-state index in [4.69, 9.17) is 11.6 Å². The first-order valence-electron chi connectivity index (χ1n) is 11.5. The molecule has 1 aliphatic heterocycles. The zero-order chi connectivity index (χ0) is 19.8. The largest absolute Gasteiger partial charge is 0.351 e. The van der Waals surface area contributed by atoms with E-state index in [0.29, 0.717) is 16.0 Å². The van der Waals surface area contributed by atoms with Crippen LogP contribution >= 0.6 is 23.4 Å². The molecule has 1 aromatic rings. The zero-order valence-electron chi connectivity index (χ0n) is 17.2. The van der Waals surface area contributed by atoms with Crippen LogP contribution < -0.4 is 10.6 Å². The highest BCUT2D eigenvalue weighted by Crippen LogP contribution is 2.59. The lowest BCUT2D eigenvalue weighted by Gasteiger charge is -2.56. The van der Waals surface area contributed by atoms with Crippen molar-refractivity contribution in [3.05, 3.63) is 28.8 Å². The number of piperidine rings is 1. The summed E-state index contributed by atoms with van der Waals surface area (Å²) in [5.41, 5.74) is 1.00. The lowest BCUT2D eigenvalue weighted by atomic mass is 9.49. The summed E-state index contributed by atoms with van der Waals surface area (Å²) in [5, 5.41) is 7.28. The summed E-state index contributed by atoms with van der Waals surface area (Å²) in [7, 11) is 0.